The monoisotopic (exact) mass is 425 g/mol. The van der Waals surface area contributed by atoms with E-state index in [9.17, 15) is 4.79 Å². The van der Waals surface area contributed by atoms with Crippen LogP contribution in [-0.2, 0) is 16.1 Å². The molecule has 0 radical (unpaired) electrons. The number of nitrogens with zero attached hydrogens (tertiary/aromatic N) is 2. The van der Waals surface area contributed by atoms with Crippen molar-refractivity contribution in [1.82, 2.24) is 10.3 Å². The number of carbonyl (C=O) groups excluding carboxylic acids is 1. The van der Waals surface area contributed by atoms with Crippen LogP contribution in [0.1, 0.15) is 12.6 Å². The van der Waals surface area contributed by atoms with E-state index >= 15 is 0 Å². The van der Waals surface area contributed by atoms with Crippen molar-refractivity contribution in [1.29, 1.82) is 0 Å². The molecule has 4 rings (SSSR count). The highest BCUT2D eigenvalue weighted by Gasteiger charge is 2.12. The first-order valence-corrected chi connectivity index (χ1v) is 10.2. The highest BCUT2D eigenvalue weighted by molar-refractivity contribution is 7.13. The molecule has 3 heterocycles. The lowest BCUT2D eigenvalue weighted by atomic mass is 10.1. The van der Waals surface area contributed by atoms with Crippen LogP contribution in [0.15, 0.2) is 63.0 Å². The Hall–Kier alpha value is -3.43. The zero-order valence-corrected chi connectivity index (χ0v) is 17.0. The van der Waals surface area contributed by atoms with E-state index in [4.69, 9.17) is 18.5 Å². The lowest BCUT2D eigenvalue weighted by molar-refractivity contribution is -0.121. The molecule has 0 saturated carbocycles. The molecule has 0 spiro atoms. The smallest absolute Gasteiger partial charge is 0.252 e. The summed E-state index contributed by atoms with van der Waals surface area (Å²) in [5.74, 6) is 1.35. The largest absolute Gasteiger partial charge is 0.494 e. The third-order valence-corrected chi connectivity index (χ3v) is 4.92. The Morgan fingerprint density at radius 3 is 2.77 bits per heavy atom. The fraction of sp³-hybridized carbons (Fsp3) is 0.190. The van der Waals surface area contributed by atoms with E-state index in [1.54, 1.807) is 23.5 Å². The maximum atomic E-state index is 12.1. The summed E-state index contributed by atoms with van der Waals surface area (Å²) in [6.45, 7) is 2.54. The highest BCUT2D eigenvalue weighted by Crippen LogP contribution is 2.26. The van der Waals surface area contributed by atoms with Crippen LogP contribution < -0.4 is 10.1 Å². The molecule has 0 bridgehead atoms. The average Bonchev–Trinajstić information content (AvgIpc) is 3.51. The van der Waals surface area contributed by atoms with Gasteiger partial charge in [0.25, 0.3) is 5.91 Å². The van der Waals surface area contributed by atoms with Crippen molar-refractivity contribution in [3.05, 3.63) is 59.6 Å². The summed E-state index contributed by atoms with van der Waals surface area (Å²) in [5, 5.41) is 12.5. The van der Waals surface area contributed by atoms with Crippen LogP contribution in [0.25, 0.3) is 21.9 Å². The molecule has 1 aromatic carbocycles. The summed E-state index contributed by atoms with van der Waals surface area (Å²) < 4.78 is 21.3. The number of thiophene rings is 1. The van der Waals surface area contributed by atoms with E-state index in [0.29, 0.717) is 23.8 Å². The molecule has 154 valence electrons. The van der Waals surface area contributed by atoms with Gasteiger partial charge in [0.2, 0.25) is 5.88 Å². The molecule has 0 saturated heterocycles. The Balaban J connectivity index is 1.25. The van der Waals surface area contributed by atoms with Gasteiger partial charge in [-0.3, -0.25) is 10.1 Å². The van der Waals surface area contributed by atoms with Gasteiger partial charge in [-0.05, 0) is 42.6 Å². The van der Waals surface area contributed by atoms with Crippen LogP contribution >= 0.6 is 11.3 Å². The molecule has 0 aliphatic rings. The SMILES string of the molecule is CCOc1ccc(-c2cc(NC(=O)COCc3cc(-c4cccs4)on3)on2)cc1. The van der Waals surface area contributed by atoms with E-state index in [1.807, 2.05) is 48.7 Å². The number of hydrogen-bond donors (Lipinski definition) is 1. The average molecular weight is 425 g/mol. The highest BCUT2D eigenvalue weighted by atomic mass is 32.1. The standard InChI is InChI=1S/C21H19N3O5S/c1-2-27-16-7-5-14(6-8-16)17-11-21(29-24-17)22-20(25)13-26-12-15-10-18(28-23-15)19-4-3-9-30-19/h3-11H,2,12-13H2,1H3,(H,22,25). The van der Waals surface area contributed by atoms with E-state index in [1.165, 1.54) is 0 Å². The molecule has 3 aromatic heterocycles. The molecule has 4 aromatic rings. The van der Waals surface area contributed by atoms with Crippen LogP contribution in [0.3, 0.4) is 0 Å². The number of anilines is 1. The zero-order valence-electron chi connectivity index (χ0n) is 16.2. The normalized spacial score (nSPS) is 10.8. The molecule has 1 N–H and O–H groups in total. The van der Waals surface area contributed by atoms with E-state index in [-0.39, 0.29) is 25.0 Å². The second-order valence-corrected chi connectivity index (χ2v) is 7.18. The molecule has 8 nitrogen and oxygen atoms in total. The Morgan fingerprint density at radius 1 is 1.13 bits per heavy atom. The number of amides is 1. The molecular weight excluding hydrogens is 406 g/mol. The first-order chi connectivity index (χ1) is 14.7. The summed E-state index contributed by atoms with van der Waals surface area (Å²) >= 11 is 1.56. The predicted molar refractivity (Wildman–Crippen MR) is 111 cm³/mol. The van der Waals surface area contributed by atoms with Gasteiger partial charge >= 0.3 is 0 Å². The molecule has 0 aliphatic heterocycles. The topological polar surface area (TPSA) is 99.6 Å². The molecule has 9 heteroatoms. The van der Waals surface area contributed by atoms with Crippen molar-refractivity contribution in [3.8, 4) is 27.6 Å². The van der Waals surface area contributed by atoms with Crippen LogP contribution in [0.5, 0.6) is 5.75 Å². The van der Waals surface area contributed by atoms with Gasteiger partial charge in [0.05, 0.1) is 18.1 Å². The van der Waals surface area contributed by atoms with Crippen molar-refractivity contribution in [2.45, 2.75) is 13.5 Å². The van der Waals surface area contributed by atoms with Crippen LogP contribution in [-0.4, -0.2) is 29.4 Å². The Labute approximate surface area is 176 Å². The molecular formula is C21H19N3O5S. The molecule has 0 aliphatic carbocycles. The summed E-state index contributed by atoms with van der Waals surface area (Å²) in [7, 11) is 0. The number of benzene rings is 1. The van der Waals surface area contributed by atoms with Gasteiger partial charge in [-0.1, -0.05) is 16.4 Å². The number of aromatic nitrogens is 2. The summed E-state index contributed by atoms with van der Waals surface area (Å²) in [6, 6.07) is 14.8. The molecule has 30 heavy (non-hydrogen) atoms. The second kappa shape index (κ2) is 9.38. The number of nitrogens with one attached hydrogen (secondary N) is 1. The minimum absolute atomic E-state index is 0.152. The van der Waals surface area contributed by atoms with Crippen molar-refractivity contribution in [2.24, 2.45) is 0 Å². The number of carbonyl (C=O) groups is 1. The molecule has 0 unspecified atom stereocenters. The predicted octanol–water partition coefficient (Wildman–Crippen LogP) is 4.61. The maximum Gasteiger partial charge on any atom is 0.252 e. The minimum Gasteiger partial charge on any atom is -0.494 e. The molecule has 0 fully saturated rings. The van der Waals surface area contributed by atoms with E-state index < -0.39 is 0 Å². The van der Waals surface area contributed by atoms with Gasteiger partial charge in [-0.15, -0.1) is 11.3 Å². The quantitative estimate of drug-likeness (QED) is 0.418. The first-order valence-electron chi connectivity index (χ1n) is 9.28. The third kappa shape index (κ3) is 4.94. The summed E-state index contributed by atoms with van der Waals surface area (Å²) in [5.41, 5.74) is 2.08. The molecule has 1 amide bonds. The van der Waals surface area contributed by atoms with Crippen molar-refractivity contribution in [2.75, 3.05) is 18.5 Å². The lowest BCUT2D eigenvalue weighted by Gasteiger charge is -2.02. The minimum atomic E-state index is -0.355. The van der Waals surface area contributed by atoms with Crippen LogP contribution in [0.4, 0.5) is 5.88 Å². The summed E-state index contributed by atoms with van der Waals surface area (Å²) in [6.07, 6.45) is 0. The van der Waals surface area contributed by atoms with Crippen LogP contribution in [0, 0.1) is 0 Å². The third-order valence-electron chi connectivity index (χ3n) is 4.04. The van der Waals surface area contributed by atoms with E-state index in [2.05, 4.69) is 15.6 Å². The molecule has 0 atom stereocenters. The van der Waals surface area contributed by atoms with Gasteiger partial charge in [0.1, 0.15) is 23.7 Å². The van der Waals surface area contributed by atoms with Gasteiger partial charge in [-0.2, -0.15) is 0 Å². The summed E-state index contributed by atoms with van der Waals surface area (Å²) in [4.78, 5) is 13.1. The van der Waals surface area contributed by atoms with Crippen molar-refractivity contribution < 1.29 is 23.3 Å². The van der Waals surface area contributed by atoms with Gasteiger partial charge in [0, 0.05) is 17.7 Å². The van der Waals surface area contributed by atoms with Crippen LogP contribution in [0.2, 0.25) is 0 Å². The van der Waals surface area contributed by atoms with Gasteiger partial charge < -0.3 is 18.5 Å². The Bertz CT molecular complexity index is 1090. The first kappa shape index (κ1) is 19.9. The maximum absolute atomic E-state index is 12.1. The van der Waals surface area contributed by atoms with Gasteiger partial charge in [0.15, 0.2) is 5.76 Å². The number of hydrogen-bond acceptors (Lipinski definition) is 8. The van der Waals surface area contributed by atoms with E-state index in [0.717, 1.165) is 16.2 Å². The van der Waals surface area contributed by atoms with Gasteiger partial charge in [-0.25, -0.2) is 0 Å². The Kier molecular flexibility index (Phi) is 6.21. The van der Waals surface area contributed by atoms with Crippen molar-refractivity contribution >= 4 is 23.1 Å². The van der Waals surface area contributed by atoms with Crippen molar-refractivity contribution in [3.63, 3.8) is 0 Å². The second-order valence-electron chi connectivity index (χ2n) is 6.23. The number of rotatable bonds is 9. The fourth-order valence-corrected chi connectivity index (χ4v) is 3.37. The zero-order chi connectivity index (χ0) is 20.8. The lowest BCUT2D eigenvalue weighted by Crippen LogP contribution is -2.17. The Morgan fingerprint density at radius 2 is 2.00 bits per heavy atom. The fourth-order valence-electron chi connectivity index (χ4n) is 2.70. The number of ether oxygens (including phenoxy) is 2.